The number of carbonyl (C=O) groups is 1. The third-order valence-electron chi connectivity index (χ3n) is 2.99. The van der Waals surface area contributed by atoms with Crippen molar-refractivity contribution in [2.24, 2.45) is 0 Å². The largest absolute Gasteiger partial charge is 0.465 e. The molecule has 1 aliphatic heterocycles. The Balaban J connectivity index is 2.06. The fourth-order valence-electron chi connectivity index (χ4n) is 2.16. The van der Waals surface area contributed by atoms with E-state index in [4.69, 9.17) is 4.74 Å². The van der Waals surface area contributed by atoms with Crippen molar-refractivity contribution in [1.29, 1.82) is 0 Å². The van der Waals surface area contributed by atoms with Gasteiger partial charge in [-0.05, 0) is 43.5 Å². The van der Waals surface area contributed by atoms with Crippen molar-refractivity contribution in [3.8, 4) is 0 Å². The summed E-state index contributed by atoms with van der Waals surface area (Å²) in [5.41, 5.74) is 1.83. The number of rotatable bonds is 3. The summed E-state index contributed by atoms with van der Waals surface area (Å²) in [6.07, 6.45) is 3.47. The molecule has 0 saturated carbocycles. The fraction of sp³-hybridized carbons (Fsp3) is 0.462. The van der Waals surface area contributed by atoms with E-state index in [-0.39, 0.29) is 5.97 Å². The molecule has 1 atom stereocenters. The molecule has 0 bridgehead atoms. The number of methoxy groups -OCH3 is 1. The van der Waals surface area contributed by atoms with Crippen LogP contribution in [0.25, 0.3) is 0 Å². The van der Waals surface area contributed by atoms with Gasteiger partial charge in [0.25, 0.3) is 0 Å². The van der Waals surface area contributed by atoms with Crippen LogP contribution in [0.3, 0.4) is 0 Å². The van der Waals surface area contributed by atoms with Crippen LogP contribution >= 0.6 is 0 Å². The number of benzene rings is 1. The van der Waals surface area contributed by atoms with Gasteiger partial charge < -0.3 is 10.1 Å². The molecule has 2 rings (SSSR count). The van der Waals surface area contributed by atoms with Gasteiger partial charge in [-0.3, -0.25) is 0 Å². The Morgan fingerprint density at radius 1 is 1.56 bits per heavy atom. The number of ether oxygens (including phenoxy) is 1. The predicted octanol–water partition coefficient (Wildman–Crippen LogP) is 1.77. The molecule has 1 aliphatic rings. The summed E-state index contributed by atoms with van der Waals surface area (Å²) in [6.45, 7) is 1.11. The van der Waals surface area contributed by atoms with E-state index in [1.165, 1.54) is 25.5 Å². The van der Waals surface area contributed by atoms with E-state index in [1.54, 1.807) is 6.07 Å². The van der Waals surface area contributed by atoms with Crippen LogP contribution in [0, 0.1) is 0 Å². The standard InChI is InChI=1S/C13H17NO2/c1-16-13(15)11-5-2-4-10(8-11)9-12-6-3-7-14-12/h2,4-5,8,12,14H,3,6-7,9H2,1H3. The normalized spacial score (nSPS) is 19.7. The smallest absolute Gasteiger partial charge is 0.337 e. The fourth-order valence-corrected chi connectivity index (χ4v) is 2.16. The predicted molar refractivity (Wildman–Crippen MR) is 62.5 cm³/mol. The van der Waals surface area contributed by atoms with Crippen LogP contribution in [0.5, 0.6) is 0 Å². The minimum atomic E-state index is -0.263. The highest BCUT2D eigenvalue weighted by Gasteiger charge is 2.15. The first-order valence-electron chi connectivity index (χ1n) is 5.70. The molecule has 86 valence electrons. The van der Waals surface area contributed by atoms with Gasteiger partial charge in [0, 0.05) is 6.04 Å². The van der Waals surface area contributed by atoms with Crippen molar-refractivity contribution in [3.05, 3.63) is 35.4 Å². The first-order chi connectivity index (χ1) is 7.79. The molecular formula is C13H17NO2. The highest BCUT2D eigenvalue weighted by molar-refractivity contribution is 5.89. The molecule has 1 saturated heterocycles. The Kier molecular flexibility index (Phi) is 3.57. The van der Waals surface area contributed by atoms with E-state index < -0.39 is 0 Å². The molecule has 1 aromatic rings. The summed E-state index contributed by atoms with van der Waals surface area (Å²) in [5.74, 6) is -0.263. The molecule has 1 aromatic carbocycles. The van der Waals surface area contributed by atoms with Gasteiger partial charge in [0.1, 0.15) is 0 Å². The summed E-state index contributed by atoms with van der Waals surface area (Å²) in [5, 5.41) is 3.45. The van der Waals surface area contributed by atoms with E-state index in [1.807, 2.05) is 12.1 Å². The van der Waals surface area contributed by atoms with Gasteiger partial charge in [-0.2, -0.15) is 0 Å². The summed E-state index contributed by atoms with van der Waals surface area (Å²) in [7, 11) is 1.41. The second-order valence-corrected chi connectivity index (χ2v) is 4.19. The lowest BCUT2D eigenvalue weighted by atomic mass is 10.0. The monoisotopic (exact) mass is 219 g/mol. The second-order valence-electron chi connectivity index (χ2n) is 4.19. The summed E-state index contributed by atoms with van der Waals surface area (Å²) >= 11 is 0. The van der Waals surface area contributed by atoms with Gasteiger partial charge in [0.2, 0.25) is 0 Å². The average molecular weight is 219 g/mol. The van der Waals surface area contributed by atoms with Gasteiger partial charge in [-0.15, -0.1) is 0 Å². The van der Waals surface area contributed by atoms with E-state index in [0.29, 0.717) is 11.6 Å². The van der Waals surface area contributed by atoms with Gasteiger partial charge >= 0.3 is 5.97 Å². The molecule has 0 spiro atoms. The first-order valence-corrected chi connectivity index (χ1v) is 5.70. The maximum Gasteiger partial charge on any atom is 0.337 e. The SMILES string of the molecule is COC(=O)c1cccc(CC2CCCN2)c1. The molecule has 0 radical (unpaired) electrons. The summed E-state index contributed by atoms with van der Waals surface area (Å²) in [4.78, 5) is 11.4. The van der Waals surface area contributed by atoms with Gasteiger partial charge in [0.15, 0.2) is 0 Å². The molecule has 1 N–H and O–H groups in total. The second kappa shape index (κ2) is 5.12. The molecule has 1 heterocycles. The summed E-state index contributed by atoms with van der Waals surface area (Å²) in [6, 6.07) is 8.25. The highest BCUT2D eigenvalue weighted by Crippen LogP contribution is 2.13. The van der Waals surface area contributed by atoms with E-state index >= 15 is 0 Å². The van der Waals surface area contributed by atoms with Gasteiger partial charge in [0.05, 0.1) is 12.7 Å². The van der Waals surface area contributed by atoms with Crippen molar-refractivity contribution < 1.29 is 9.53 Å². The van der Waals surface area contributed by atoms with Crippen LogP contribution in [0.1, 0.15) is 28.8 Å². The minimum absolute atomic E-state index is 0.263. The lowest BCUT2D eigenvalue weighted by Crippen LogP contribution is -2.23. The lowest BCUT2D eigenvalue weighted by molar-refractivity contribution is 0.0600. The maximum absolute atomic E-state index is 11.4. The third kappa shape index (κ3) is 2.61. The molecule has 3 heteroatoms. The third-order valence-corrected chi connectivity index (χ3v) is 2.99. The number of hydrogen-bond acceptors (Lipinski definition) is 3. The molecule has 0 aromatic heterocycles. The number of carbonyl (C=O) groups excluding carboxylic acids is 1. The number of esters is 1. The molecule has 0 amide bonds. The highest BCUT2D eigenvalue weighted by atomic mass is 16.5. The average Bonchev–Trinajstić information content (AvgIpc) is 2.81. The zero-order valence-corrected chi connectivity index (χ0v) is 9.53. The van der Waals surface area contributed by atoms with Crippen LogP contribution in [0.2, 0.25) is 0 Å². The van der Waals surface area contributed by atoms with Crippen LogP contribution in [0.15, 0.2) is 24.3 Å². The van der Waals surface area contributed by atoms with Crippen molar-refractivity contribution in [2.45, 2.75) is 25.3 Å². The lowest BCUT2D eigenvalue weighted by Gasteiger charge is -2.10. The number of nitrogens with one attached hydrogen (secondary N) is 1. The Morgan fingerprint density at radius 3 is 3.12 bits per heavy atom. The Morgan fingerprint density at radius 2 is 2.44 bits per heavy atom. The van der Waals surface area contributed by atoms with Crippen LogP contribution in [-0.4, -0.2) is 25.7 Å². The Hall–Kier alpha value is -1.35. The molecule has 1 unspecified atom stereocenters. The van der Waals surface area contributed by atoms with Crippen LogP contribution < -0.4 is 5.32 Å². The van der Waals surface area contributed by atoms with Crippen molar-refractivity contribution in [3.63, 3.8) is 0 Å². The van der Waals surface area contributed by atoms with Crippen LogP contribution in [-0.2, 0) is 11.2 Å². The quantitative estimate of drug-likeness (QED) is 0.787. The molecule has 0 aliphatic carbocycles. The van der Waals surface area contributed by atoms with Gasteiger partial charge in [-0.1, -0.05) is 12.1 Å². The van der Waals surface area contributed by atoms with Crippen LogP contribution in [0.4, 0.5) is 0 Å². The van der Waals surface area contributed by atoms with E-state index in [2.05, 4.69) is 11.4 Å². The van der Waals surface area contributed by atoms with Crippen molar-refractivity contribution in [2.75, 3.05) is 13.7 Å². The topological polar surface area (TPSA) is 38.3 Å². The molecule has 16 heavy (non-hydrogen) atoms. The molecule has 1 fully saturated rings. The van der Waals surface area contributed by atoms with E-state index in [9.17, 15) is 4.79 Å². The minimum Gasteiger partial charge on any atom is -0.465 e. The Bertz CT molecular complexity index is 370. The zero-order valence-electron chi connectivity index (χ0n) is 9.53. The summed E-state index contributed by atoms with van der Waals surface area (Å²) < 4.78 is 4.71. The van der Waals surface area contributed by atoms with Crippen molar-refractivity contribution in [1.82, 2.24) is 5.32 Å². The molecule has 3 nitrogen and oxygen atoms in total. The van der Waals surface area contributed by atoms with Gasteiger partial charge in [-0.25, -0.2) is 4.79 Å². The molecular weight excluding hydrogens is 202 g/mol. The van der Waals surface area contributed by atoms with E-state index in [0.717, 1.165) is 13.0 Å². The first kappa shape index (κ1) is 11.1. The number of hydrogen-bond donors (Lipinski definition) is 1. The zero-order chi connectivity index (χ0) is 11.4. The Labute approximate surface area is 95.8 Å². The maximum atomic E-state index is 11.4. The van der Waals surface area contributed by atoms with Crippen molar-refractivity contribution >= 4 is 5.97 Å².